The van der Waals surface area contributed by atoms with Gasteiger partial charge in [-0.25, -0.2) is 0 Å². The summed E-state index contributed by atoms with van der Waals surface area (Å²) in [6.45, 7) is 5.43. The van der Waals surface area contributed by atoms with Gasteiger partial charge in [-0.1, -0.05) is 42.6 Å². The summed E-state index contributed by atoms with van der Waals surface area (Å²) in [6.07, 6.45) is 3.66. The van der Waals surface area contributed by atoms with Gasteiger partial charge in [0, 0.05) is 11.0 Å². The average Bonchev–Trinajstić information content (AvgIpc) is 2.29. The van der Waals surface area contributed by atoms with E-state index in [1.807, 2.05) is 18.2 Å². The number of nitriles is 1. The van der Waals surface area contributed by atoms with E-state index >= 15 is 0 Å². The second-order valence-corrected chi connectivity index (χ2v) is 5.53. The molecule has 0 saturated heterocycles. The minimum atomic E-state index is 0.697. The molecule has 1 N–H and O–H groups in total. The zero-order chi connectivity index (χ0) is 12.7. The Hall–Kier alpha value is -1.01. The van der Waals surface area contributed by atoms with E-state index in [2.05, 4.69) is 41.2 Å². The van der Waals surface area contributed by atoms with Gasteiger partial charge < -0.3 is 5.32 Å². The summed E-state index contributed by atoms with van der Waals surface area (Å²) in [4.78, 5) is 0. The number of rotatable bonds is 6. The largest absolute Gasteiger partial charge is 0.384 e. The molecule has 1 rings (SSSR count). The molecule has 1 aromatic carbocycles. The van der Waals surface area contributed by atoms with E-state index in [0.29, 0.717) is 5.56 Å². The highest BCUT2D eigenvalue weighted by Gasteiger charge is 2.01. The second kappa shape index (κ2) is 7.34. The quantitative estimate of drug-likeness (QED) is 0.781. The third-order valence-corrected chi connectivity index (χ3v) is 3.12. The molecule has 3 heteroatoms. The summed E-state index contributed by atoms with van der Waals surface area (Å²) < 4.78 is 0.944. The van der Waals surface area contributed by atoms with Crippen molar-refractivity contribution in [3.63, 3.8) is 0 Å². The zero-order valence-electron chi connectivity index (χ0n) is 10.5. The van der Waals surface area contributed by atoms with E-state index in [0.717, 1.165) is 29.0 Å². The maximum absolute atomic E-state index is 9.01. The van der Waals surface area contributed by atoms with Gasteiger partial charge in [0.25, 0.3) is 0 Å². The van der Waals surface area contributed by atoms with Gasteiger partial charge in [-0.05, 0) is 30.5 Å². The lowest BCUT2D eigenvalue weighted by Crippen LogP contribution is -2.03. The summed E-state index contributed by atoms with van der Waals surface area (Å²) in [6, 6.07) is 7.95. The zero-order valence-corrected chi connectivity index (χ0v) is 12.0. The standard InChI is InChI=1S/C14H19BrN2/c1-11(2)5-3-4-8-17-14-7-6-13(15)9-12(14)10-16/h6-7,9,11,17H,3-5,8H2,1-2H3. The number of nitrogens with zero attached hydrogens (tertiary/aromatic N) is 1. The molecule has 0 spiro atoms. The molecule has 0 fully saturated rings. The first-order valence-corrected chi connectivity index (χ1v) is 6.86. The Morgan fingerprint density at radius 1 is 1.35 bits per heavy atom. The highest BCUT2D eigenvalue weighted by Crippen LogP contribution is 2.20. The van der Waals surface area contributed by atoms with Crippen LogP contribution in [0.3, 0.4) is 0 Å². The molecule has 0 bridgehead atoms. The molecular formula is C14H19BrN2. The summed E-state index contributed by atoms with van der Waals surface area (Å²) in [5, 5.41) is 12.3. The fraction of sp³-hybridized carbons (Fsp3) is 0.500. The van der Waals surface area contributed by atoms with Gasteiger partial charge in [0.05, 0.1) is 11.3 Å². The van der Waals surface area contributed by atoms with Gasteiger partial charge in [0.15, 0.2) is 0 Å². The van der Waals surface area contributed by atoms with Crippen molar-refractivity contribution in [3.8, 4) is 6.07 Å². The van der Waals surface area contributed by atoms with E-state index in [1.165, 1.54) is 12.8 Å². The van der Waals surface area contributed by atoms with Crippen LogP contribution in [-0.2, 0) is 0 Å². The van der Waals surface area contributed by atoms with Crippen molar-refractivity contribution in [2.75, 3.05) is 11.9 Å². The number of hydrogen-bond acceptors (Lipinski definition) is 2. The van der Waals surface area contributed by atoms with E-state index in [1.54, 1.807) is 0 Å². The number of anilines is 1. The Balaban J connectivity index is 2.39. The molecule has 0 aliphatic carbocycles. The monoisotopic (exact) mass is 294 g/mol. The van der Waals surface area contributed by atoms with Crippen LogP contribution >= 0.6 is 15.9 Å². The Labute approximate surface area is 112 Å². The number of unbranched alkanes of at least 4 members (excludes halogenated alkanes) is 1. The van der Waals surface area contributed by atoms with Crippen LogP contribution in [0.15, 0.2) is 22.7 Å². The highest BCUT2D eigenvalue weighted by molar-refractivity contribution is 9.10. The molecule has 0 amide bonds. The molecule has 92 valence electrons. The van der Waals surface area contributed by atoms with Crippen molar-refractivity contribution >= 4 is 21.6 Å². The van der Waals surface area contributed by atoms with Crippen molar-refractivity contribution in [1.82, 2.24) is 0 Å². The minimum Gasteiger partial charge on any atom is -0.384 e. The van der Waals surface area contributed by atoms with E-state index in [-0.39, 0.29) is 0 Å². The van der Waals surface area contributed by atoms with Crippen molar-refractivity contribution in [1.29, 1.82) is 5.26 Å². The number of benzene rings is 1. The van der Waals surface area contributed by atoms with Crippen LogP contribution in [0.1, 0.15) is 38.7 Å². The van der Waals surface area contributed by atoms with Gasteiger partial charge in [-0.3, -0.25) is 0 Å². The lowest BCUT2D eigenvalue weighted by atomic mass is 10.1. The summed E-state index contributed by atoms with van der Waals surface area (Å²) in [5.41, 5.74) is 1.63. The molecule has 0 radical (unpaired) electrons. The molecule has 0 aliphatic heterocycles. The predicted molar refractivity (Wildman–Crippen MR) is 76.0 cm³/mol. The molecule has 0 aromatic heterocycles. The topological polar surface area (TPSA) is 35.8 Å². The molecule has 1 aromatic rings. The Morgan fingerprint density at radius 3 is 2.76 bits per heavy atom. The lowest BCUT2D eigenvalue weighted by molar-refractivity contribution is 0.545. The summed E-state index contributed by atoms with van der Waals surface area (Å²) >= 11 is 3.37. The van der Waals surface area contributed by atoms with Crippen LogP contribution in [-0.4, -0.2) is 6.54 Å². The SMILES string of the molecule is CC(C)CCCCNc1ccc(Br)cc1C#N. The smallest absolute Gasteiger partial charge is 0.101 e. The predicted octanol–water partition coefficient (Wildman–Crippen LogP) is 4.56. The van der Waals surface area contributed by atoms with E-state index in [4.69, 9.17) is 5.26 Å². The van der Waals surface area contributed by atoms with Crippen molar-refractivity contribution in [2.24, 2.45) is 5.92 Å². The van der Waals surface area contributed by atoms with Gasteiger partial charge in [0.1, 0.15) is 6.07 Å². The van der Waals surface area contributed by atoms with Crippen LogP contribution in [0.25, 0.3) is 0 Å². The first-order chi connectivity index (χ1) is 8.13. The minimum absolute atomic E-state index is 0.697. The van der Waals surface area contributed by atoms with Gasteiger partial charge in [-0.2, -0.15) is 5.26 Å². The Bertz CT molecular complexity index is 394. The molecule has 17 heavy (non-hydrogen) atoms. The average molecular weight is 295 g/mol. The first kappa shape index (κ1) is 14.1. The highest BCUT2D eigenvalue weighted by atomic mass is 79.9. The van der Waals surface area contributed by atoms with E-state index < -0.39 is 0 Å². The number of nitrogens with one attached hydrogen (secondary N) is 1. The summed E-state index contributed by atoms with van der Waals surface area (Å²) in [7, 11) is 0. The van der Waals surface area contributed by atoms with Crippen molar-refractivity contribution in [3.05, 3.63) is 28.2 Å². The molecule has 0 unspecified atom stereocenters. The van der Waals surface area contributed by atoms with Gasteiger partial charge in [-0.15, -0.1) is 0 Å². The molecule has 2 nitrogen and oxygen atoms in total. The van der Waals surface area contributed by atoms with Crippen LogP contribution in [0.2, 0.25) is 0 Å². The fourth-order valence-electron chi connectivity index (χ4n) is 1.66. The van der Waals surface area contributed by atoms with E-state index in [9.17, 15) is 0 Å². The fourth-order valence-corrected chi connectivity index (χ4v) is 2.02. The third kappa shape index (κ3) is 5.23. The Morgan fingerprint density at radius 2 is 2.12 bits per heavy atom. The van der Waals surface area contributed by atoms with Gasteiger partial charge in [0.2, 0.25) is 0 Å². The normalized spacial score (nSPS) is 10.3. The van der Waals surface area contributed by atoms with Crippen LogP contribution in [0.5, 0.6) is 0 Å². The van der Waals surface area contributed by atoms with Crippen molar-refractivity contribution in [2.45, 2.75) is 33.1 Å². The Kier molecular flexibility index (Phi) is 6.07. The third-order valence-electron chi connectivity index (χ3n) is 2.63. The maximum atomic E-state index is 9.01. The molecule has 0 aliphatic rings. The van der Waals surface area contributed by atoms with Crippen molar-refractivity contribution < 1.29 is 0 Å². The molecule has 0 atom stereocenters. The van der Waals surface area contributed by atoms with Crippen LogP contribution in [0, 0.1) is 17.2 Å². The van der Waals surface area contributed by atoms with Crippen LogP contribution < -0.4 is 5.32 Å². The number of halogens is 1. The lowest BCUT2D eigenvalue weighted by Gasteiger charge is -2.09. The maximum Gasteiger partial charge on any atom is 0.101 e. The molecule has 0 saturated carbocycles. The molecule has 0 heterocycles. The molecular weight excluding hydrogens is 276 g/mol. The van der Waals surface area contributed by atoms with Gasteiger partial charge >= 0.3 is 0 Å². The first-order valence-electron chi connectivity index (χ1n) is 6.07. The second-order valence-electron chi connectivity index (χ2n) is 4.62. The summed E-state index contributed by atoms with van der Waals surface area (Å²) in [5.74, 6) is 0.775. The number of hydrogen-bond donors (Lipinski definition) is 1. The van der Waals surface area contributed by atoms with Crippen LogP contribution in [0.4, 0.5) is 5.69 Å².